The van der Waals surface area contributed by atoms with Gasteiger partial charge in [0, 0.05) is 25.4 Å². The number of hydrogen-bond acceptors (Lipinski definition) is 3. The maximum Gasteiger partial charge on any atom is 1.00 e. The van der Waals surface area contributed by atoms with E-state index in [0.717, 1.165) is 49.7 Å². The fourth-order valence-electron chi connectivity index (χ4n) is 1.81. The van der Waals surface area contributed by atoms with E-state index in [0.29, 0.717) is 6.61 Å². The van der Waals surface area contributed by atoms with Gasteiger partial charge in [0.2, 0.25) is 0 Å². The van der Waals surface area contributed by atoms with E-state index in [1.54, 1.807) is 0 Å². The van der Waals surface area contributed by atoms with E-state index in [-0.39, 0.29) is 51.4 Å². The molecule has 0 aliphatic carbocycles. The quantitative estimate of drug-likeness (QED) is 0.506. The Kier molecular flexibility index (Phi) is 7.71. The first-order chi connectivity index (χ1) is 8.25. The minimum Gasteiger partial charge on any atom is -0.507 e. The van der Waals surface area contributed by atoms with Crippen LogP contribution in [0.3, 0.4) is 0 Å². The summed E-state index contributed by atoms with van der Waals surface area (Å²) in [5, 5.41) is 0. The summed E-state index contributed by atoms with van der Waals surface area (Å²) in [5.74, 6) is 0.871. The molecule has 3 nitrogen and oxygen atoms in total. The molecule has 1 heterocycles. The molecule has 18 heavy (non-hydrogen) atoms. The molecule has 2 rings (SSSR count). The van der Waals surface area contributed by atoms with Crippen LogP contribution in [0.2, 0.25) is 0 Å². The molecule has 0 unspecified atom stereocenters. The Hall–Kier alpha value is 0.316. The van der Waals surface area contributed by atoms with Crippen molar-refractivity contribution in [2.24, 2.45) is 0 Å². The summed E-state index contributed by atoms with van der Waals surface area (Å²) in [4.78, 5) is 2.35. The molecule has 1 aliphatic rings. The van der Waals surface area contributed by atoms with Crippen LogP contribution < -0.4 is 56.1 Å². The van der Waals surface area contributed by atoms with Gasteiger partial charge in [-0.1, -0.05) is 0 Å². The van der Waals surface area contributed by atoms with E-state index >= 15 is 0 Å². The average Bonchev–Trinajstić information content (AvgIpc) is 2.35. The van der Waals surface area contributed by atoms with E-state index in [9.17, 15) is 0 Å². The van der Waals surface area contributed by atoms with Gasteiger partial charge in [-0.25, -0.2) is 6.07 Å². The SMILES string of the molecule is [CH2-]c1ccc(OCCN2CCOCC2)cc1[CH2-].[K+]. The Bertz CT molecular complexity index is 365. The third kappa shape index (κ3) is 5.13. The minimum atomic E-state index is 0. The first-order valence-corrected chi connectivity index (χ1v) is 5.96. The monoisotopic (exact) mass is 272 g/mol. The summed E-state index contributed by atoms with van der Waals surface area (Å²) in [6.45, 7) is 13.1. The van der Waals surface area contributed by atoms with Crippen LogP contribution in [0.25, 0.3) is 0 Å². The van der Waals surface area contributed by atoms with Gasteiger partial charge >= 0.3 is 51.4 Å². The number of morpholine rings is 1. The van der Waals surface area contributed by atoms with E-state index in [1.165, 1.54) is 0 Å². The Morgan fingerprint density at radius 2 is 1.89 bits per heavy atom. The summed E-state index contributed by atoms with van der Waals surface area (Å²) in [7, 11) is 0. The minimum absolute atomic E-state index is 0. The van der Waals surface area contributed by atoms with Crippen LogP contribution in [0.1, 0.15) is 11.1 Å². The molecule has 1 saturated heterocycles. The molecule has 0 saturated carbocycles. The number of ether oxygens (including phenoxy) is 2. The van der Waals surface area contributed by atoms with Gasteiger partial charge in [0.1, 0.15) is 0 Å². The largest absolute Gasteiger partial charge is 1.00 e. The smallest absolute Gasteiger partial charge is 0.507 e. The Balaban J connectivity index is 0.00000162. The molecule has 0 bridgehead atoms. The van der Waals surface area contributed by atoms with Gasteiger partial charge in [-0.3, -0.25) is 29.9 Å². The van der Waals surface area contributed by atoms with E-state index in [2.05, 4.69) is 18.7 Å². The predicted octanol–water partition coefficient (Wildman–Crippen LogP) is -1.23. The van der Waals surface area contributed by atoms with Gasteiger partial charge in [0.25, 0.3) is 0 Å². The Labute approximate surface area is 152 Å². The van der Waals surface area contributed by atoms with Crippen molar-refractivity contribution in [2.75, 3.05) is 39.5 Å². The van der Waals surface area contributed by atoms with Crippen LogP contribution in [0.5, 0.6) is 5.75 Å². The molecular weight excluding hydrogens is 253 g/mol. The number of nitrogens with zero attached hydrogens (tertiary/aromatic N) is 1. The van der Waals surface area contributed by atoms with Crippen molar-refractivity contribution in [3.8, 4) is 5.75 Å². The molecule has 94 valence electrons. The van der Waals surface area contributed by atoms with Gasteiger partial charge < -0.3 is 9.47 Å². The molecule has 0 aromatic heterocycles. The van der Waals surface area contributed by atoms with Crippen LogP contribution in [-0.2, 0) is 4.74 Å². The van der Waals surface area contributed by atoms with Crippen LogP contribution >= 0.6 is 0 Å². The van der Waals surface area contributed by atoms with Crippen molar-refractivity contribution in [1.29, 1.82) is 0 Å². The number of hydrogen-bond donors (Lipinski definition) is 0. The first-order valence-electron chi connectivity index (χ1n) is 5.96. The van der Waals surface area contributed by atoms with Crippen LogP contribution in [-0.4, -0.2) is 44.4 Å². The molecule has 0 N–H and O–H groups in total. The van der Waals surface area contributed by atoms with Crippen molar-refractivity contribution in [1.82, 2.24) is 4.90 Å². The fourth-order valence-corrected chi connectivity index (χ4v) is 1.81. The molecule has 4 heteroatoms. The van der Waals surface area contributed by atoms with E-state index < -0.39 is 0 Å². The second kappa shape index (κ2) is 8.48. The second-order valence-electron chi connectivity index (χ2n) is 4.23. The van der Waals surface area contributed by atoms with Crippen LogP contribution in [0.4, 0.5) is 0 Å². The zero-order chi connectivity index (χ0) is 12.1. The molecule has 0 amide bonds. The van der Waals surface area contributed by atoms with Gasteiger partial charge in [-0.2, -0.15) is 6.07 Å². The van der Waals surface area contributed by atoms with Crippen molar-refractivity contribution in [3.63, 3.8) is 0 Å². The van der Waals surface area contributed by atoms with Crippen molar-refractivity contribution in [3.05, 3.63) is 43.2 Å². The van der Waals surface area contributed by atoms with Crippen LogP contribution in [0.15, 0.2) is 18.2 Å². The molecule has 0 radical (unpaired) electrons. The third-order valence-electron chi connectivity index (χ3n) is 2.96. The van der Waals surface area contributed by atoms with Crippen LogP contribution in [0, 0.1) is 13.8 Å². The van der Waals surface area contributed by atoms with Gasteiger partial charge in [-0.15, -0.1) is 6.07 Å². The number of rotatable bonds is 4. The molecule has 1 aromatic rings. The van der Waals surface area contributed by atoms with Crippen molar-refractivity contribution < 1.29 is 60.9 Å². The maximum absolute atomic E-state index is 5.69. The molecule has 0 spiro atoms. The fraction of sp³-hybridized carbons (Fsp3) is 0.429. The zero-order valence-electron chi connectivity index (χ0n) is 11.2. The molecule has 1 aliphatic heterocycles. The second-order valence-corrected chi connectivity index (χ2v) is 4.23. The standard InChI is InChI=1S/C14H19NO2.K/c1-12-3-4-14(11-13(12)2)17-10-7-15-5-8-16-9-6-15;/h3-4,11H,1-2,5-10H2;/q-2;+1. The predicted molar refractivity (Wildman–Crippen MR) is 68.1 cm³/mol. The van der Waals surface area contributed by atoms with Crippen molar-refractivity contribution >= 4 is 0 Å². The van der Waals surface area contributed by atoms with Gasteiger partial charge in [0.15, 0.2) is 0 Å². The summed E-state index contributed by atoms with van der Waals surface area (Å²) in [6, 6.07) is 5.81. The van der Waals surface area contributed by atoms with Gasteiger partial charge in [-0.05, 0) is 0 Å². The third-order valence-corrected chi connectivity index (χ3v) is 2.96. The summed E-state index contributed by atoms with van der Waals surface area (Å²) < 4.78 is 11.0. The summed E-state index contributed by atoms with van der Waals surface area (Å²) in [6.07, 6.45) is 0. The topological polar surface area (TPSA) is 21.7 Å². The molecular formula is C14H19KNO2-. The normalized spacial score (nSPS) is 16.0. The first kappa shape index (κ1) is 16.4. The number of benzene rings is 1. The van der Waals surface area contributed by atoms with Gasteiger partial charge in [0.05, 0.1) is 19.8 Å². The molecule has 1 aromatic carbocycles. The zero-order valence-corrected chi connectivity index (χ0v) is 14.3. The molecule has 1 fully saturated rings. The van der Waals surface area contributed by atoms with Crippen molar-refractivity contribution in [2.45, 2.75) is 0 Å². The summed E-state index contributed by atoms with van der Waals surface area (Å²) >= 11 is 0. The Morgan fingerprint density at radius 3 is 2.56 bits per heavy atom. The average molecular weight is 272 g/mol. The summed E-state index contributed by atoms with van der Waals surface area (Å²) in [5.41, 5.74) is 1.87. The maximum atomic E-state index is 5.69. The van der Waals surface area contributed by atoms with E-state index in [4.69, 9.17) is 9.47 Å². The Morgan fingerprint density at radius 1 is 1.17 bits per heavy atom. The molecule has 0 atom stereocenters. The van der Waals surface area contributed by atoms with E-state index in [1.807, 2.05) is 18.2 Å².